The Balaban J connectivity index is 0.000000226. The molecule has 34 heavy (non-hydrogen) atoms. The van der Waals surface area contributed by atoms with E-state index in [1.54, 1.807) is 12.1 Å². The molecule has 0 unspecified atom stereocenters. The van der Waals surface area contributed by atoms with Crippen molar-refractivity contribution in [3.63, 3.8) is 0 Å². The predicted molar refractivity (Wildman–Crippen MR) is 157 cm³/mol. The summed E-state index contributed by atoms with van der Waals surface area (Å²) in [5.41, 5.74) is 1.77. The van der Waals surface area contributed by atoms with Crippen LogP contribution in [0.25, 0.3) is 21.5 Å². The highest BCUT2D eigenvalue weighted by Crippen LogP contribution is 2.43. The Morgan fingerprint density at radius 2 is 1.00 bits per heavy atom. The first-order valence-corrected chi connectivity index (χ1v) is 15.5. The molecule has 0 saturated heterocycles. The summed E-state index contributed by atoms with van der Waals surface area (Å²) in [5.74, 6) is 1.34. The van der Waals surface area contributed by atoms with Gasteiger partial charge in [0, 0.05) is 8.95 Å². The molecule has 180 valence electrons. The maximum Gasteiger partial charge on any atom is 0.258 e. The SMILES string of the molecule is CC(C)[Si](Oc1ccc2cc(Br)ccc2c1)(C(C)C)C(C)C.Oc1ccc2cc(Br)ccc2c1. The van der Waals surface area contributed by atoms with Gasteiger partial charge in [-0.05, 0) is 86.7 Å². The van der Waals surface area contributed by atoms with E-state index in [-0.39, 0.29) is 0 Å². The van der Waals surface area contributed by atoms with Gasteiger partial charge in [0.25, 0.3) is 8.32 Å². The molecule has 5 heteroatoms. The van der Waals surface area contributed by atoms with E-state index in [4.69, 9.17) is 4.43 Å². The van der Waals surface area contributed by atoms with Crippen molar-refractivity contribution >= 4 is 61.7 Å². The van der Waals surface area contributed by atoms with Gasteiger partial charge in [-0.2, -0.15) is 0 Å². The minimum atomic E-state index is -1.88. The van der Waals surface area contributed by atoms with E-state index in [9.17, 15) is 5.11 Å². The summed E-state index contributed by atoms with van der Waals surface area (Å²) >= 11 is 6.92. The fraction of sp³-hybridized carbons (Fsp3) is 0.310. The summed E-state index contributed by atoms with van der Waals surface area (Å²) in [7, 11) is -1.88. The zero-order chi connectivity index (χ0) is 25.0. The van der Waals surface area contributed by atoms with Gasteiger partial charge < -0.3 is 9.53 Å². The second-order valence-electron chi connectivity index (χ2n) is 9.75. The maximum atomic E-state index is 9.19. The number of phenolic OH excluding ortho intramolecular Hbond substituents is 1. The lowest BCUT2D eigenvalue weighted by Gasteiger charge is -2.42. The van der Waals surface area contributed by atoms with Crippen LogP contribution in [0.15, 0.2) is 81.7 Å². The lowest BCUT2D eigenvalue weighted by molar-refractivity contribution is 0.476. The van der Waals surface area contributed by atoms with Crippen LogP contribution in [0, 0.1) is 0 Å². The van der Waals surface area contributed by atoms with Gasteiger partial charge in [-0.3, -0.25) is 0 Å². The third-order valence-corrected chi connectivity index (χ3v) is 13.6. The van der Waals surface area contributed by atoms with Crippen molar-refractivity contribution in [3.8, 4) is 11.5 Å². The molecule has 0 atom stereocenters. The zero-order valence-corrected chi connectivity index (χ0v) is 24.9. The number of rotatable bonds is 5. The average molecular weight is 602 g/mol. The highest BCUT2D eigenvalue weighted by molar-refractivity contribution is 9.10. The van der Waals surface area contributed by atoms with Crippen LogP contribution >= 0.6 is 31.9 Å². The molecule has 0 heterocycles. The van der Waals surface area contributed by atoms with Gasteiger partial charge in [-0.1, -0.05) is 97.7 Å². The first-order valence-electron chi connectivity index (χ1n) is 11.8. The Hall–Kier alpha value is -1.82. The second kappa shape index (κ2) is 11.3. The predicted octanol–water partition coefficient (Wildman–Crippen LogP) is 10.5. The molecule has 0 aromatic heterocycles. The first kappa shape index (κ1) is 26.8. The van der Waals surface area contributed by atoms with Gasteiger partial charge in [-0.25, -0.2) is 0 Å². The van der Waals surface area contributed by atoms with E-state index in [2.05, 4.69) is 110 Å². The van der Waals surface area contributed by atoms with E-state index >= 15 is 0 Å². The van der Waals surface area contributed by atoms with Crippen LogP contribution in [-0.2, 0) is 0 Å². The standard InChI is InChI=1S/C19H27BrOSi.C10H7BrO/c1-13(2)22(14(3)4,15(5)6)21-19-10-8-16-11-18(20)9-7-17(16)12-19;11-9-3-1-8-6-10(12)4-2-7(8)5-9/h7-15H,1-6H3;1-6,12H. The molecule has 2 nitrogen and oxygen atoms in total. The molecule has 4 rings (SSSR count). The van der Waals surface area contributed by atoms with E-state index in [1.165, 1.54) is 10.8 Å². The van der Waals surface area contributed by atoms with Crippen LogP contribution in [0.5, 0.6) is 11.5 Å². The number of benzene rings is 4. The fourth-order valence-electron chi connectivity index (χ4n) is 5.02. The smallest absolute Gasteiger partial charge is 0.258 e. The minimum absolute atomic E-state index is 0.310. The van der Waals surface area contributed by atoms with Crippen LogP contribution < -0.4 is 4.43 Å². The summed E-state index contributed by atoms with van der Waals surface area (Å²) in [6, 6.07) is 24.2. The quantitative estimate of drug-likeness (QED) is 0.230. The van der Waals surface area contributed by atoms with Gasteiger partial charge in [-0.15, -0.1) is 0 Å². The highest BCUT2D eigenvalue weighted by atomic mass is 79.9. The lowest BCUT2D eigenvalue weighted by Crippen LogP contribution is -2.50. The lowest BCUT2D eigenvalue weighted by atomic mass is 10.1. The number of aromatic hydroxyl groups is 1. The van der Waals surface area contributed by atoms with Crippen LogP contribution in [0.3, 0.4) is 0 Å². The molecule has 4 aromatic rings. The van der Waals surface area contributed by atoms with Crippen molar-refractivity contribution in [3.05, 3.63) is 81.7 Å². The summed E-state index contributed by atoms with van der Waals surface area (Å²) < 4.78 is 8.92. The monoisotopic (exact) mass is 600 g/mol. The van der Waals surface area contributed by atoms with Crippen molar-refractivity contribution in [2.45, 2.75) is 58.2 Å². The average Bonchev–Trinajstić information content (AvgIpc) is 2.77. The summed E-state index contributed by atoms with van der Waals surface area (Å²) in [6.45, 7) is 13.9. The Bertz CT molecular complexity index is 1200. The number of hydrogen-bond acceptors (Lipinski definition) is 2. The number of fused-ring (bicyclic) bond motifs is 2. The van der Waals surface area contributed by atoms with Crippen molar-refractivity contribution in [2.75, 3.05) is 0 Å². The molecule has 0 aliphatic carbocycles. The van der Waals surface area contributed by atoms with Crippen LogP contribution in [0.4, 0.5) is 0 Å². The fourth-order valence-corrected chi connectivity index (χ4v) is 11.0. The summed E-state index contributed by atoms with van der Waals surface area (Å²) in [4.78, 5) is 0. The number of phenols is 1. The molecular weight excluding hydrogens is 568 g/mol. The minimum Gasteiger partial charge on any atom is -0.543 e. The van der Waals surface area contributed by atoms with Gasteiger partial charge in [0.05, 0.1) is 0 Å². The summed E-state index contributed by atoms with van der Waals surface area (Å²) in [6.07, 6.45) is 0. The molecule has 0 bridgehead atoms. The maximum absolute atomic E-state index is 9.19. The van der Waals surface area contributed by atoms with E-state index in [0.29, 0.717) is 22.4 Å². The van der Waals surface area contributed by atoms with Gasteiger partial charge in [0.15, 0.2) is 0 Å². The number of halogens is 2. The molecule has 0 aliphatic rings. The topological polar surface area (TPSA) is 29.5 Å². The molecule has 0 aliphatic heterocycles. The third kappa shape index (κ3) is 6.05. The largest absolute Gasteiger partial charge is 0.543 e. The molecular formula is C29H34Br2O2Si. The second-order valence-corrected chi connectivity index (χ2v) is 17.0. The van der Waals surface area contributed by atoms with Crippen LogP contribution in [-0.4, -0.2) is 13.4 Å². The van der Waals surface area contributed by atoms with Crippen molar-refractivity contribution < 1.29 is 9.53 Å². The van der Waals surface area contributed by atoms with Crippen LogP contribution in [0.1, 0.15) is 41.5 Å². The Morgan fingerprint density at radius 1 is 0.588 bits per heavy atom. The molecule has 0 fully saturated rings. The zero-order valence-electron chi connectivity index (χ0n) is 20.8. The Kier molecular flexibility index (Phi) is 8.88. The number of hydrogen-bond donors (Lipinski definition) is 1. The Labute approximate surface area is 221 Å². The third-order valence-electron chi connectivity index (χ3n) is 6.56. The van der Waals surface area contributed by atoms with E-state index in [0.717, 1.165) is 25.5 Å². The van der Waals surface area contributed by atoms with Crippen LogP contribution in [0.2, 0.25) is 16.6 Å². The van der Waals surface area contributed by atoms with Crippen molar-refractivity contribution in [1.29, 1.82) is 0 Å². The van der Waals surface area contributed by atoms with Crippen molar-refractivity contribution in [2.24, 2.45) is 0 Å². The normalized spacial score (nSPS) is 11.9. The Morgan fingerprint density at radius 3 is 1.50 bits per heavy atom. The van der Waals surface area contributed by atoms with E-state index < -0.39 is 8.32 Å². The van der Waals surface area contributed by atoms with Gasteiger partial charge in [0.1, 0.15) is 11.5 Å². The molecule has 0 radical (unpaired) electrons. The molecule has 0 amide bonds. The van der Waals surface area contributed by atoms with Gasteiger partial charge in [0.2, 0.25) is 0 Å². The molecule has 0 spiro atoms. The van der Waals surface area contributed by atoms with Crippen molar-refractivity contribution in [1.82, 2.24) is 0 Å². The van der Waals surface area contributed by atoms with E-state index in [1.807, 2.05) is 24.3 Å². The molecule has 4 aromatic carbocycles. The molecule has 1 N–H and O–H groups in total. The highest BCUT2D eigenvalue weighted by Gasteiger charge is 2.46. The van der Waals surface area contributed by atoms with Gasteiger partial charge >= 0.3 is 0 Å². The molecule has 0 saturated carbocycles. The summed E-state index contributed by atoms with van der Waals surface area (Å²) in [5, 5.41) is 13.8. The first-order chi connectivity index (χ1) is 16.0.